The number of nitrogens with zero attached hydrogens (tertiary/aromatic N) is 2. The summed E-state index contributed by atoms with van der Waals surface area (Å²) in [6.07, 6.45) is 0.485. The highest BCUT2D eigenvalue weighted by Crippen LogP contribution is 2.36. The molecular weight excluding hydrogens is 348 g/mol. The normalized spacial score (nSPS) is 11.9. The molecule has 0 amide bonds. The van der Waals surface area contributed by atoms with Crippen LogP contribution in [0.1, 0.15) is 37.0 Å². The van der Waals surface area contributed by atoms with E-state index in [-0.39, 0.29) is 5.56 Å². The standard InChI is InChI=1S/C20H22N2O3S/c1-6-14-21-17-16(18(23)22(14)20(4,5)19(24)25)15(12(3)26-17)13-9-7-11(2)8-10-13/h7-10H,6H2,1-5H3,(H,24,25). The highest BCUT2D eigenvalue weighted by molar-refractivity contribution is 7.19. The van der Waals surface area contributed by atoms with E-state index in [4.69, 9.17) is 0 Å². The third-order valence-electron chi connectivity index (χ3n) is 4.71. The van der Waals surface area contributed by atoms with Crippen LogP contribution in [0.3, 0.4) is 0 Å². The van der Waals surface area contributed by atoms with Gasteiger partial charge in [0.05, 0.1) is 5.39 Å². The lowest BCUT2D eigenvalue weighted by Crippen LogP contribution is -2.44. The topological polar surface area (TPSA) is 72.2 Å². The molecule has 5 nitrogen and oxygen atoms in total. The van der Waals surface area contributed by atoms with Crippen molar-refractivity contribution in [1.82, 2.24) is 9.55 Å². The van der Waals surface area contributed by atoms with E-state index in [0.717, 1.165) is 21.6 Å². The second kappa shape index (κ2) is 6.36. The van der Waals surface area contributed by atoms with E-state index in [2.05, 4.69) is 4.98 Å². The number of benzene rings is 1. The van der Waals surface area contributed by atoms with E-state index in [1.54, 1.807) is 0 Å². The van der Waals surface area contributed by atoms with Gasteiger partial charge in [-0.15, -0.1) is 11.3 Å². The van der Waals surface area contributed by atoms with Crippen molar-refractivity contribution in [1.29, 1.82) is 0 Å². The third-order valence-corrected chi connectivity index (χ3v) is 5.71. The van der Waals surface area contributed by atoms with Gasteiger partial charge in [0.15, 0.2) is 0 Å². The Morgan fingerprint density at radius 2 is 1.85 bits per heavy atom. The molecular formula is C20H22N2O3S. The molecule has 0 aliphatic carbocycles. The van der Waals surface area contributed by atoms with Gasteiger partial charge < -0.3 is 5.11 Å². The van der Waals surface area contributed by atoms with Crippen LogP contribution in [0.15, 0.2) is 29.1 Å². The number of carbonyl (C=O) groups is 1. The second-order valence-electron chi connectivity index (χ2n) is 6.97. The number of hydrogen-bond donors (Lipinski definition) is 1. The first-order valence-electron chi connectivity index (χ1n) is 8.54. The van der Waals surface area contributed by atoms with E-state index in [1.165, 1.54) is 29.8 Å². The summed E-state index contributed by atoms with van der Waals surface area (Å²) in [5, 5.41) is 10.2. The molecule has 0 fully saturated rings. The fourth-order valence-corrected chi connectivity index (χ4v) is 4.24. The van der Waals surface area contributed by atoms with Gasteiger partial charge in [-0.1, -0.05) is 36.8 Å². The first kappa shape index (κ1) is 18.3. The molecule has 0 radical (unpaired) electrons. The molecule has 26 heavy (non-hydrogen) atoms. The SMILES string of the molecule is CCc1nc2sc(C)c(-c3ccc(C)cc3)c2c(=O)n1C(C)(C)C(=O)O. The van der Waals surface area contributed by atoms with Gasteiger partial charge in [-0.05, 0) is 33.3 Å². The molecule has 2 aromatic heterocycles. The molecule has 0 aliphatic rings. The summed E-state index contributed by atoms with van der Waals surface area (Å²) in [6, 6.07) is 7.99. The van der Waals surface area contributed by atoms with Gasteiger partial charge in [-0.2, -0.15) is 0 Å². The number of fused-ring (bicyclic) bond motifs is 1. The molecule has 0 saturated heterocycles. The van der Waals surface area contributed by atoms with E-state index in [9.17, 15) is 14.7 Å². The van der Waals surface area contributed by atoms with Crippen molar-refractivity contribution in [2.45, 2.75) is 46.6 Å². The Morgan fingerprint density at radius 3 is 2.38 bits per heavy atom. The summed E-state index contributed by atoms with van der Waals surface area (Å²) in [6.45, 7) is 8.94. The number of carboxylic acid groups (broad SMARTS) is 1. The van der Waals surface area contributed by atoms with Crippen LogP contribution in [0.4, 0.5) is 0 Å². The number of carboxylic acids is 1. The van der Waals surface area contributed by atoms with Gasteiger partial charge in [0.2, 0.25) is 0 Å². The maximum atomic E-state index is 13.4. The zero-order chi connectivity index (χ0) is 19.2. The Morgan fingerprint density at radius 1 is 1.23 bits per heavy atom. The number of thiophene rings is 1. The predicted octanol–water partition coefficient (Wildman–Crippen LogP) is 4.12. The molecule has 0 unspecified atom stereocenters. The van der Waals surface area contributed by atoms with Crippen LogP contribution >= 0.6 is 11.3 Å². The van der Waals surface area contributed by atoms with Crippen molar-refractivity contribution in [3.05, 3.63) is 50.9 Å². The van der Waals surface area contributed by atoms with Gasteiger partial charge in [-0.25, -0.2) is 9.78 Å². The summed E-state index contributed by atoms with van der Waals surface area (Å²) >= 11 is 1.48. The molecule has 3 rings (SSSR count). The number of rotatable bonds is 4. The minimum absolute atomic E-state index is 0.292. The molecule has 0 spiro atoms. The van der Waals surface area contributed by atoms with Crippen LogP contribution in [-0.4, -0.2) is 20.6 Å². The Labute approximate surface area is 155 Å². The number of hydrogen-bond acceptors (Lipinski definition) is 4. The number of aryl methyl sites for hydroxylation is 3. The van der Waals surface area contributed by atoms with Crippen LogP contribution in [0.5, 0.6) is 0 Å². The lowest BCUT2D eigenvalue weighted by molar-refractivity contribution is -0.146. The monoisotopic (exact) mass is 370 g/mol. The summed E-state index contributed by atoms with van der Waals surface area (Å²) in [5.41, 5.74) is 1.27. The first-order chi connectivity index (χ1) is 12.2. The van der Waals surface area contributed by atoms with Crippen LogP contribution in [0.2, 0.25) is 0 Å². The quantitative estimate of drug-likeness (QED) is 0.750. The molecule has 136 valence electrons. The van der Waals surface area contributed by atoms with E-state index in [0.29, 0.717) is 22.5 Å². The average Bonchev–Trinajstić information content (AvgIpc) is 2.91. The lowest BCUT2D eigenvalue weighted by atomic mass is 10.0. The van der Waals surface area contributed by atoms with Crippen molar-refractivity contribution in [3.63, 3.8) is 0 Å². The van der Waals surface area contributed by atoms with Crippen LogP contribution in [0.25, 0.3) is 21.3 Å². The highest BCUT2D eigenvalue weighted by atomic mass is 32.1. The summed E-state index contributed by atoms with van der Waals surface area (Å²) in [5.74, 6) is -0.564. The largest absolute Gasteiger partial charge is 0.480 e. The molecule has 6 heteroatoms. The van der Waals surface area contributed by atoms with Crippen molar-refractivity contribution < 1.29 is 9.90 Å². The number of aromatic nitrogens is 2. The fraction of sp³-hybridized carbons (Fsp3) is 0.350. The minimum atomic E-state index is -1.37. The van der Waals surface area contributed by atoms with Crippen molar-refractivity contribution in [2.24, 2.45) is 0 Å². The van der Waals surface area contributed by atoms with E-state index < -0.39 is 11.5 Å². The molecule has 0 saturated carbocycles. The zero-order valence-corrected chi connectivity index (χ0v) is 16.4. The van der Waals surface area contributed by atoms with Gasteiger partial charge in [0, 0.05) is 16.9 Å². The van der Waals surface area contributed by atoms with Crippen molar-refractivity contribution in [3.8, 4) is 11.1 Å². The zero-order valence-electron chi connectivity index (χ0n) is 15.6. The van der Waals surface area contributed by atoms with Gasteiger partial charge >= 0.3 is 5.97 Å². The Bertz CT molecular complexity index is 1060. The maximum Gasteiger partial charge on any atom is 0.329 e. The van der Waals surface area contributed by atoms with Crippen LogP contribution in [0, 0.1) is 13.8 Å². The Hall–Kier alpha value is -2.47. The smallest absolute Gasteiger partial charge is 0.329 e. The van der Waals surface area contributed by atoms with Crippen LogP contribution in [-0.2, 0) is 16.8 Å². The van der Waals surface area contributed by atoms with Gasteiger partial charge in [0.25, 0.3) is 5.56 Å². The molecule has 1 aromatic carbocycles. The number of aliphatic carboxylic acids is 1. The Balaban J connectivity index is 2.44. The predicted molar refractivity (Wildman–Crippen MR) is 105 cm³/mol. The first-order valence-corrected chi connectivity index (χ1v) is 9.36. The summed E-state index contributed by atoms with van der Waals surface area (Å²) in [7, 11) is 0. The minimum Gasteiger partial charge on any atom is -0.480 e. The second-order valence-corrected chi connectivity index (χ2v) is 8.17. The molecule has 0 aliphatic heterocycles. The van der Waals surface area contributed by atoms with Gasteiger partial charge in [0.1, 0.15) is 16.2 Å². The van der Waals surface area contributed by atoms with E-state index in [1.807, 2.05) is 45.0 Å². The lowest BCUT2D eigenvalue weighted by Gasteiger charge is -2.25. The summed E-state index contributed by atoms with van der Waals surface area (Å²) < 4.78 is 1.33. The average molecular weight is 370 g/mol. The molecule has 2 heterocycles. The fourth-order valence-electron chi connectivity index (χ4n) is 3.18. The molecule has 3 aromatic rings. The molecule has 0 bridgehead atoms. The van der Waals surface area contributed by atoms with Crippen LogP contribution < -0.4 is 5.56 Å². The van der Waals surface area contributed by atoms with Gasteiger partial charge in [-0.3, -0.25) is 9.36 Å². The highest BCUT2D eigenvalue weighted by Gasteiger charge is 2.34. The summed E-state index contributed by atoms with van der Waals surface area (Å²) in [4.78, 5) is 31.5. The molecule has 1 N–H and O–H groups in total. The van der Waals surface area contributed by atoms with Crippen molar-refractivity contribution in [2.75, 3.05) is 0 Å². The maximum absolute atomic E-state index is 13.4. The van der Waals surface area contributed by atoms with E-state index >= 15 is 0 Å². The Kier molecular flexibility index (Phi) is 4.48. The molecule has 0 atom stereocenters. The van der Waals surface area contributed by atoms with Crippen molar-refractivity contribution >= 4 is 27.5 Å². The third kappa shape index (κ3) is 2.74.